The molecule has 0 N–H and O–H groups in total. The summed E-state index contributed by atoms with van der Waals surface area (Å²) < 4.78 is 6.01. The second kappa shape index (κ2) is 8.36. The lowest BCUT2D eigenvalue weighted by atomic mass is 10.1. The van der Waals surface area contributed by atoms with Gasteiger partial charge in [-0.15, -0.1) is 0 Å². The molecule has 0 atom stereocenters. The minimum atomic E-state index is -0.158. The third kappa shape index (κ3) is 5.68. The van der Waals surface area contributed by atoms with Gasteiger partial charge in [0.25, 0.3) is 0 Å². The Morgan fingerprint density at radius 3 is 1.21 bits per heavy atom. The summed E-state index contributed by atoms with van der Waals surface area (Å²) in [5.74, 6) is 0. The predicted octanol–water partition coefficient (Wildman–Crippen LogP) is 4.01. The van der Waals surface area contributed by atoms with Crippen molar-refractivity contribution in [3.63, 3.8) is 0 Å². The van der Waals surface area contributed by atoms with E-state index < -0.39 is 0 Å². The maximum Gasteiger partial charge on any atom is 0.0969 e. The summed E-state index contributed by atoms with van der Waals surface area (Å²) in [5, 5.41) is 1.02. The van der Waals surface area contributed by atoms with Crippen molar-refractivity contribution >= 4 is 19.4 Å². The molecule has 0 aliphatic heterocycles. The summed E-state index contributed by atoms with van der Waals surface area (Å²) in [6, 6.07) is 1.81. The summed E-state index contributed by atoms with van der Waals surface area (Å²) in [6.45, 7) is 17.4. The van der Waals surface area contributed by atoms with Gasteiger partial charge in [-0.3, -0.25) is 0 Å². The first kappa shape index (κ1) is 20.7. The number of nitrogens with zero attached hydrogens (tertiary/aromatic N) is 2. The highest BCUT2D eigenvalue weighted by atomic mass is 28.3. The van der Waals surface area contributed by atoms with Crippen molar-refractivity contribution in [1.29, 1.82) is 0 Å². The quantitative estimate of drug-likeness (QED) is 0.654. The molecule has 0 heterocycles. The summed E-state index contributed by atoms with van der Waals surface area (Å²) in [6.07, 6.45) is 11.7. The first-order chi connectivity index (χ1) is 11.1. The molecule has 2 rings (SSSR count). The van der Waals surface area contributed by atoms with E-state index in [1.54, 1.807) is 0 Å². The molecule has 0 aromatic heterocycles. The highest BCUT2D eigenvalue weighted by molar-refractivity contribution is 6.56. The van der Waals surface area contributed by atoms with Crippen molar-refractivity contribution in [3.05, 3.63) is 0 Å². The minimum absolute atomic E-state index is 0.158. The van der Waals surface area contributed by atoms with Crippen LogP contribution in [0.15, 0.2) is 0 Å². The second-order valence-electron chi connectivity index (χ2n) is 10.6. The summed E-state index contributed by atoms with van der Waals surface area (Å²) in [5.41, 5.74) is 0.758. The van der Waals surface area contributed by atoms with Crippen LogP contribution in [0.5, 0.6) is 0 Å². The van der Waals surface area contributed by atoms with E-state index in [-0.39, 0.29) is 19.4 Å². The van der Waals surface area contributed by atoms with E-state index in [0.29, 0.717) is 11.1 Å². The molecule has 142 valence electrons. The largest absolute Gasteiger partial charge is 0.322 e. The number of hydrogen-bond donors (Lipinski definition) is 0. The molecule has 2 nitrogen and oxygen atoms in total. The van der Waals surface area contributed by atoms with E-state index >= 15 is 0 Å². The standard InChI is InChI=1S/C20H44N2Si2/c1-16(23-21(19(2,3)4)17-12-8-9-13-17)24-22(20(5,6)7)18-14-10-11-15-18/h16-18H,8-15,23-24H2,1-7H3. The number of rotatable bonds is 6. The van der Waals surface area contributed by atoms with Gasteiger partial charge in [0.2, 0.25) is 0 Å². The summed E-state index contributed by atoms with van der Waals surface area (Å²) >= 11 is 0. The van der Waals surface area contributed by atoms with Crippen LogP contribution in [0.25, 0.3) is 0 Å². The predicted molar refractivity (Wildman–Crippen MR) is 114 cm³/mol. The van der Waals surface area contributed by atoms with Crippen molar-refractivity contribution in [2.45, 2.75) is 128 Å². The Morgan fingerprint density at radius 2 is 0.958 bits per heavy atom. The second-order valence-corrected chi connectivity index (χ2v) is 16.7. The van der Waals surface area contributed by atoms with Gasteiger partial charge in [-0.2, -0.15) is 0 Å². The summed E-state index contributed by atoms with van der Waals surface area (Å²) in [7, 11) is -0.316. The number of hydrogen-bond acceptors (Lipinski definition) is 2. The van der Waals surface area contributed by atoms with Gasteiger partial charge >= 0.3 is 0 Å². The Kier molecular flexibility index (Phi) is 7.20. The van der Waals surface area contributed by atoms with E-state index in [0.717, 1.165) is 17.2 Å². The molecule has 2 fully saturated rings. The smallest absolute Gasteiger partial charge is 0.0969 e. The fraction of sp³-hybridized carbons (Fsp3) is 1.00. The van der Waals surface area contributed by atoms with Gasteiger partial charge in [-0.1, -0.05) is 32.6 Å². The van der Waals surface area contributed by atoms with Crippen LogP contribution in [0.4, 0.5) is 0 Å². The van der Waals surface area contributed by atoms with Crippen molar-refractivity contribution in [2.75, 3.05) is 0 Å². The minimum Gasteiger partial charge on any atom is -0.322 e. The van der Waals surface area contributed by atoms with Crippen molar-refractivity contribution in [1.82, 2.24) is 9.13 Å². The van der Waals surface area contributed by atoms with Crippen molar-refractivity contribution in [2.24, 2.45) is 0 Å². The van der Waals surface area contributed by atoms with E-state index in [2.05, 4.69) is 57.6 Å². The normalized spacial score (nSPS) is 23.9. The Hall–Kier alpha value is 0.354. The van der Waals surface area contributed by atoms with E-state index in [4.69, 9.17) is 0 Å². The molecule has 0 aromatic rings. The Balaban J connectivity index is 2.00. The van der Waals surface area contributed by atoms with Gasteiger partial charge in [-0.25, -0.2) is 0 Å². The highest BCUT2D eigenvalue weighted by Gasteiger charge is 2.35. The molecule has 2 aliphatic rings. The van der Waals surface area contributed by atoms with Crippen LogP contribution in [0.2, 0.25) is 5.16 Å². The molecular formula is C20H44N2Si2. The van der Waals surface area contributed by atoms with E-state index in [1.807, 2.05) is 0 Å². The molecule has 0 spiro atoms. The maximum atomic E-state index is 3.01. The lowest BCUT2D eigenvalue weighted by molar-refractivity contribution is 0.185. The SMILES string of the molecule is CC([SiH2]N(C1CCCC1)C(C)(C)C)[SiH2]N(C1CCCC1)C(C)(C)C. The fourth-order valence-electron chi connectivity index (χ4n) is 5.10. The zero-order valence-corrected chi connectivity index (χ0v) is 20.5. The lowest BCUT2D eigenvalue weighted by Gasteiger charge is -2.45. The molecule has 2 saturated carbocycles. The molecule has 0 unspecified atom stereocenters. The zero-order valence-electron chi connectivity index (χ0n) is 17.7. The van der Waals surface area contributed by atoms with Crippen LogP contribution in [0, 0.1) is 0 Å². The highest BCUT2D eigenvalue weighted by Crippen LogP contribution is 2.32. The van der Waals surface area contributed by atoms with E-state index in [9.17, 15) is 0 Å². The first-order valence-electron chi connectivity index (χ1n) is 10.6. The van der Waals surface area contributed by atoms with Crippen LogP contribution in [0.3, 0.4) is 0 Å². The van der Waals surface area contributed by atoms with Crippen LogP contribution in [-0.4, -0.2) is 51.7 Å². The van der Waals surface area contributed by atoms with Crippen LogP contribution in [0.1, 0.15) is 99.8 Å². The Labute approximate surface area is 156 Å². The van der Waals surface area contributed by atoms with Gasteiger partial charge in [0.15, 0.2) is 0 Å². The van der Waals surface area contributed by atoms with Gasteiger partial charge in [0, 0.05) is 23.2 Å². The maximum absolute atomic E-state index is 3.01. The topological polar surface area (TPSA) is 6.48 Å². The van der Waals surface area contributed by atoms with E-state index in [1.165, 1.54) is 51.4 Å². The average Bonchev–Trinajstić information content (AvgIpc) is 3.12. The molecular weight excluding hydrogens is 324 g/mol. The van der Waals surface area contributed by atoms with Crippen LogP contribution >= 0.6 is 0 Å². The third-order valence-electron chi connectivity index (χ3n) is 6.27. The Bertz CT molecular complexity index is 338. The molecule has 0 radical (unpaired) electrons. The molecule has 0 saturated heterocycles. The van der Waals surface area contributed by atoms with Gasteiger partial charge < -0.3 is 9.13 Å². The van der Waals surface area contributed by atoms with Crippen molar-refractivity contribution in [3.8, 4) is 0 Å². The molecule has 0 aromatic carbocycles. The lowest BCUT2D eigenvalue weighted by Crippen LogP contribution is -2.55. The summed E-state index contributed by atoms with van der Waals surface area (Å²) in [4.78, 5) is 0. The molecule has 2 aliphatic carbocycles. The van der Waals surface area contributed by atoms with Crippen molar-refractivity contribution < 1.29 is 0 Å². The molecule has 0 bridgehead atoms. The molecule has 4 heteroatoms. The fourth-order valence-corrected chi connectivity index (χ4v) is 11.0. The Morgan fingerprint density at radius 1 is 0.667 bits per heavy atom. The van der Waals surface area contributed by atoms with Gasteiger partial charge in [0.05, 0.1) is 19.4 Å². The average molecular weight is 369 g/mol. The zero-order chi connectivity index (χ0) is 18.0. The van der Waals surface area contributed by atoms with Gasteiger partial charge in [-0.05, 0) is 72.4 Å². The van der Waals surface area contributed by atoms with Crippen LogP contribution < -0.4 is 0 Å². The third-order valence-corrected chi connectivity index (χ3v) is 12.8. The van der Waals surface area contributed by atoms with Gasteiger partial charge in [0.1, 0.15) is 0 Å². The first-order valence-corrected chi connectivity index (χ1v) is 13.5. The van der Waals surface area contributed by atoms with Crippen LogP contribution in [-0.2, 0) is 0 Å². The molecule has 24 heavy (non-hydrogen) atoms. The monoisotopic (exact) mass is 368 g/mol. The molecule has 0 amide bonds.